The average molecular weight is 226 g/mol. The van der Waals surface area contributed by atoms with E-state index in [-0.39, 0.29) is 11.4 Å². The Bertz CT molecular complexity index is 348. The molecule has 16 heavy (non-hydrogen) atoms. The number of aryl methyl sites for hydroxylation is 1. The van der Waals surface area contributed by atoms with Crippen LogP contribution in [-0.2, 0) is 4.74 Å². The van der Waals surface area contributed by atoms with Crippen molar-refractivity contribution in [3.8, 4) is 5.75 Å². The van der Waals surface area contributed by atoms with Gasteiger partial charge in [0.15, 0.2) is 0 Å². The highest BCUT2D eigenvalue weighted by molar-refractivity contribution is 5.28. The smallest absolute Gasteiger partial charge is 0.126 e. The molecule has 2 nitrogen and oxygen atoms in total. The molecule has 0 saturated carbocycles. The largest absolute Gasteiger partial charge is 0.493 e. The molecule has 90 valence electrons. The van der Waals surface area contributed by atoms with Gasteiger partial charge in [0.2, 0.25) is 0 Å². The first-order valence-electron chi connectivity index (χ1n) is 5.39. The number of hydrogen-bond donors (Lipinski definition) is 0. The van der Waals surface area contributed by atoms with Crippen LogP contribution in [0.4, 0.5) is 4.39 Å². The fourth-order valence-corrected chi connectivity index (χ4v) is 1.22. The monoisotopic (exact) mass is 226 g/mol. The van der Waals surface area contributed by atoms with Crippen molar-refractivity contribution in [2.75, 3.05) is 13.7 Å². The second kappa shape index (κ2) is 5.30. The van der Waals surface area contributed by atoms with Crippen molar-refractivity contribution in [2.45, 2.75) is 32.8 Å². The molecule has 0 aromatic heterocycles. The van der Waals surface area contributed by atoms with Crippen molar-refractivity contribution in [3.05, 3.63) is 29.6 Å². The third-order valence-electron chi connectivity index (χ3n) is 2.65. The molecule has 0 amide bonds. The van der Waals surface area contributed by atoms with Crippen LogP contribution in [0.3, 0.4) is 0 Å². The molecule has 0 aliphatic carbocycles. The Labute approximate surface area is 96.4 Å². The van der Waals surface area contributed by atoms with Gasteiger partial charge in [-0.25, -0.2) is 4.39 Å². The predicted octanol–water partition coefficient (Wildman–Crippen LogP) is 3.33. The lowest BCUT2D eigenvalue weighted by molar-refractivity contribution is 0.00545. The molecule has 0 aliphatic rings. The Morgan fingerprint density at radius 1 is 1.31 bits per heavy atom. The lowest BCUT2D eigenvalue weighted by Gasteiger charge is -2.22. The van der Waals surface area contributed by atoms with E-state index in [0.29, 0.717) is 17.9 Å². The van der Waals surface area contributed by atoms with Crippen molar-refractivity contribution in [1.82, 2.24) is 0 Å². The van der Waals surface area contributed by atoms with Gasteiger partial charge in [-0.05, 0) is 44.5 Å². The van der Waals surface area contributed by atoms with E-state index in [9.17, 15) is 4.39 Å². The zero-order chi connectivity index (χ0) is 12.2. The lowest BCUT2D eigenvalue weighted by Crippen LogP contribution is -2.25. The minimum Gasteiger partial charge on any atom is -0.493 e. The van der Waals surface area contributed by atoms with Crippen molar-refractivity contribution < 1.29 is 13.9 Å². The Hall–Kier alpha value is -1.09. The second-order valence-corrected chi connectivity index (χ2v) is 4.47. The van der Waals surface area contributed by atoms with E-state index in [0.717, 1.165) is 6.42 Å². The highest BCUT2D eigenvalue weighted by Crippen LogP contribution is 2.18. The van der Waals surface area contributed by atoms with E-state index in [1.807, 2.05) is 13.8 Å². The van der Waals surface area contributed by atoms with Crippen LogP contribution in [0.5, 0.6) is 5.75 Å². The van der Waals surface area contributed by atoms with Crippen LogP contribution in [0.1, 0.15) is 25.8 Å². The quantitative estimate of drug-likeness (QED) is 0.766. The summed E-state index contributed by atoms with van der Waals surface area (Å²) in [5.41, 5.74) is 0.415. The second-order valence-electron chi connectivity index (χ2n) is 4.47. The predicted molar refractivity (Wildman–Crippen MR) is 62.3 cm³/mol. The summed E-state index contributed by atoms with van der Waals surface area (Å²) in [5.74, 6) is 0.496. The Morgan fingerprint density at radius 3 is 2.56 bits per heavy atom. The molecule has 1 aromatic carbocycles. The van der Waals surface area contributed by atoms with Gasteiger partial charge >= 0.3 is 0 Å². The first-order chi connectivity index (χ1) is 7.44. The molecule has 0 bridgehead atoms. The van der Waals surface area contributed by atoms with Gasteiger partial charge in [-0.1, -0.05) is 0 Å². The molecule has 0 aliphatic heterocycles. The Balaban J connectivity index is 2.46. The third-order valence-corrected chi connectivity index (χ3v) is 2.65. The first-order valence-corrected chi connectivity index (χ1v) is 5.39. The Morgan fingerprint density at radius 2 is 2.00 bits per heavy atom. The summed E-state index contributed by atoms with van der Waals surface area (Å²) in [7, 11) is 1.68. The maximum atomic E-state index is 13.0. The summed E-state index contributed by atoms with van der Waals surface area (Å²) >= 11 is 0. The summed E-state index contributed by atoms with van der Waals surface area (Å²) in [6.07, 6.45) is 0.792. The number of hydrogen-bond acceptors (Lipinski definition) is 2. The Kier molecular flexibility index (Phi) is 4.30. The number of methoxy groups -OCH3 is 1. The topological polar surface area (TPSA) is 18.5 Å². The lowest BCUT2D eigenvalue weighted by atomic mass is 10.1. The number of halogens is 1. The summed E-state index contributed by atoms with van der Waals surface area (Å²) in [6, 6.07) is 4.77. The molecular weight excluding hydrogens is 207 g/mol. The molecule has 0 spiro atoms. The average Bonchev–Trinajstić information content (AvgIpc) is 2.23. The van der Waals surface area contributed by atoms with Crippen LogP contribution in [0, 0.1) is 12.7 Å². The van der Waals surface area contributed by atoms with E-state index >= 15 is 0 Å². The van der Waals surface area contributed by atoms with Crippen molar-refractivity contribution in [1.29, 1.82) is 0 Å². The number of benzene rings is 1. The number of ether oxygens (including phenoxy) is 2. The van der Waals surface area contributed by atoms with E-state index in [1.54, 1.807) is 26.2 Å². The minimum absolute atomic E-state index is 0.185. The van der Waals surface area contributed by atoms with Gasteiger partial charge in [0.25, 0.3) is 0 Å². The zero-order valence-electron chi connectivity index (χ0n) is 10.3. The van der Waals surface area contributed by atoms with Crippen molar-refractivity contribution in [2.24, 2.45) is 0 Å². The maximum absolute atomic E-state index is 13.0. The van der Waals surface area contributed by atoms with Crippen LogP contribution < -0.4 is 4.74 Å². The van der Waals surface area contributed by atoms with E-state index in [4.69, 9.17) is 9.47 Å². The third kappa shape index (κ3) is 3.81. The minimum atomic E-state index is -0.204. The van der Waals surface area contributed by atoms with Crippen LogP contribution in [0.25, 0.3) is 0 Å². The van der Waals surface area contributed by atoms with Crippen molar-refractivity contribution >= 4 is 0 Å². The molecule has 3 heteroatoms. The van der Waals surface area contributed by atoms with E-state index < -0.39 is 0 Å². The van der Waals surface area contributed by atoms with Crippen LogP contribution >= 0.6 is 0 Å². The normalized spacial score (nSPS) is 11.6. The van der Waals surface area contributed by atoms with Gasteiger partial charge in [-0.3, -0.25) is 0 Å². The van der Waals surface area contributed by atoms with Crippen LogP contribution in [-0.4, -0.2) is 19.3 Å². The van der Waals surface area contributed by atoms with Gasteiger partial charge in [-0.2, -0.15) is 0 Å². The van der Waals surface area contributed by atoms with Crippen LogP contribution in [0.2, 0.25) is 0 Å². The van der Waals surface area contributed by atoms with Crippen LogP contribution in [0.15, 0.2) is 18.2 Å². The number of rotatable bonds is 5. The van der Waals surface area contributed by atoms with Gasteiger partial charge in [-0.15, -0.1) is 0 Å². The highest BCUT2D eigenvalue weighted by atomic mass is 19.1. The van der Waals surface area contributed by atoms with Crippen molar-refractivity contribution in [3.63, 3.8) is 0 Å². The molecule has 0 heterocycles. The SMILES string of the molecule is COC(C)(C)CCOc1ccc(F)c(C)c1. The molecule has 0 saturated heterocycles. The fraction of sp³-hybridized carbons (Fsp3) is 0.538. The van der Waals surface area contributed by atoms with Gasteiger partial charge in [0.05, 0.1) is 12.2 Å². The molecule has 0 radical (unpaired) electrons. The molecule has 0 atom stereocenters. The summed E-state index contributed by atoms with van der Waals surface area (Å²) in [6.45, 7) is 6.30. The first kappa shape index (κ1) is 13.0. The molecule has 1 aromatic rings. The van der Waals surface area contributed by atoms with E-state index in [2.05, 4.69) is 0 Å². The molecule has 0 fully saturated rings. The fourth-order valence-electron chi connectivity index (χ4n) is 1.22. The summed E-state index contributed by atoms with van der Waals surface area (Å²) < 4.78 is 23.8. The summed E-state index contributed by atoms with van der Waals surface area (Å²) in [4.78, 5) is 0. The molecule has 1 rings (SSSR count). The van der Waals surface area contributed by atoms with Gasteiger partial charge in [0, 0.05) is 13.5 Å². The molecule has 0 N–H and O–H groups in total. The molecule has 0 unspecified atom stereocenters. The zero-order valence-corrected chi connectivity index (χ0v) is 10.3. The summed E-state index contributed by atoms with van der Waals surface area (Å²) in [5, 5.41) is 0. The van der Waals surface area contributed by atoms with Gasteiger partial charge < -0.3 is 9.47 Å². The van der Waals surface area contributed by atoms with Gasteiger partial charge in [0.1, 0.15) is 11.6 Å². The highest BCUT2D eigenvalue weighted by Gasteiger charge is 2.15. The molecular formula is C13H19FO2. The standard InChI is InChI=1S/C13H19FO2/c1-10-9-11(5-6-12(10)14)16-8-7-13(2,3)15-4/h5-6,9H,7-8H2,1-4H3. The van der Waals surface area contributed by atoms with E-state index in [1.165, 1.54) is 6.07 Å². The maximum Gasteiger partial charge on any atom is 0.126 e.